The van der Waals surface area contributed by atoms with Gasteiger partial charge in [0.15, 0.2) is 0 Å². The minimum atomic E-state index is -0.346. The van der Waals surface area contributed by atoms with Gasteiger partial charge in [0, 0.05) is 17.7 Å². The lowest BCUT2D eigenvalue weighted by Crippen LogP contribution is -2.20. The number of hydrazone groups is 1. The van der Waals surface area contributed by atoms with E-state index in [1.54, 1.807) is 24.3 Å². The van der Waals surface area contributed by atoms with Gasteiger partial charge >= 0.3 is 0 Å². The Kier molecular flexibility index (Phi) is 2.76. The van der Waals surface area contributed by atoms with Gasteiger partial charge in [-0.2, -0.15) is 5.10 Å². The quantitative estimate of drug-likeness (QED) is 0.588. The first-order valence-corrected chi connectivity index (χ1v) is 4.67. The van der Waals surface area contributed by atoms with E-state index in [4.69, 9.17) is 0 Å². The van der Waals surface area contributed by atoms with Crippen LogP contribution in [0.4, 0.5) is 0 Å². The average Bonchev–Trinajstić information content (AvgIpc) is 2.73. The summed E-state index contributed by atoms with van der Waals surface area (Å²) in [5.74, 6) is -0.602. The third-order valence-corrected chi connectivity index (χ3v) is 2.00. The molecule has 1 amide bonds. The van der Waals surface area contributed by atoms with E-state index in [0.717, 1.165) is 0 Å². The summed E-state index contributed by atoms with van der Waals surface area (Å²) >= 11 is 0. The van der Waals surface area contributed by atoms with Crippen LogP contribution in [0.15, 0.2) is 53.3 Å². The second-order valence-electron chi connectivity index (χ2n) is 3.12. The molecule has 1 aromatic carbocycles. The van der Waals surface area contributed by atoms with E-state index in [1.807, 2.05) is 6.07 Å². The number of benzene rings is 1. The molecule has 0 bridgehead atoms. The summed E-state index contributed by atoms with van der Waals surface area (Å²) in [6.45, 7) is 0. The van der Waals surface area contributed by atoms with Crippen LogP contribution in [0.3, 0.4) is 0 Å². The number of ketones is 1. The van der Waals surface area contributed by atoms with E-state index < -0.39 is 0 Å². The van der Waals surface area contributed by atoms with E-state index in [-0.39, 0.29) is 17.4 Å². The smallest absolute Gasteiger partial charge is 0.271 e. The second-order valence-corrected chi connectivity index (χ2v) is 3.12. The van der Waals surface area contributed by atoms with Gasteiger partial charge in [0.2, 0.25) is 5.78 Å². The van der Waals surface area contributed by atoms with Crippen molar-refractivity contribution < 1.29 is 9.59 Å². The standard InChI is InChI=1S/C12H8N2O2/c15-11-8-4-7-10(11)13-14-12(16)9-5-2-1-3-6-9/h1-3,5-8H,(H,14,16). The zero-order valence-electron chi connectivity index (χ0n) is 8.31. The maximum absolute atomic E-state index is 11.5. The predicted octanol–water partition coefficient (Wildman–Crippen LogP) is 1.07. The predicted molar refractivity (Wildman–Crippen MR) is 59.0 cm³/mol. The molecular formula is C12H8N2O2. The molecule has 0 saturated carbocycles. The molecule has 0 saturated heterocycles. The SMILES string of the molecule is O=C1C=C=CC1=NNC(=O)c1ccccc1. The highest BCUT2D eigenvalue weighted by molar-refractivity contribution is 6.49. The summed E-state index contributed by atoms with van der Waals surface area (Å²) in [5.41, 5.74) is 5.59. The molecule has 0 atom stereocenters. The molecule has 2 rings (SSSR count). The fourth-order valence-corrected chi connectivity index (χ4v) is 1.19. The van der Waals surface area contributed by atoms with Gasteiger partial charge in [0.05, 0.1) is 0 Å². The molecule has 0 radical (unpaired) electrons. The van der Waals surface area contributed by atoms with Gasteiger partial charge in [-0.25, -0.2) is 5.43 Å². The van der Waals surface area contributed by atoms with Gasteiger partial charge in [-0.15, -0.1) is 5.73 Å². The monoisotopic (exact) mass is 212 g/mol. The number of allylic oxidation sites excluding steroid dienone is 1. The van der Waals surface area contributed by atoms with Crippen LogP contribution < -0.4 is 5.43 Å². The van der Waals surface area contributed by atoms with E-state index >= 15 is 0 Å². The fraction of sp³-hybridized carbons (Fsp3) is 0. The van der Waals surface area contributed by atoms with Gasteiger partial charge in [-0.05, 0) is 12.1 Å². The molecule has 4 nitrogen and oxygen atoms in total. The molecular weight excluding hydrogens is 204 g/mol. The fourth-order valence-electron chi connectivity index (χ4n) is 1.19. The van der Waals surface area contributed by atoms with Gasteiger partial charge < -0.3 is 0 Å². The molecule has 0 aromatic heterocycles. The zero-order chi connectivity index (χ0) is 11.4. The highest BCUT2D eigenvalue weighted by Gasteiger charge is 2.10. The summed E-state index contributed by atoms with van der Waals surface area (Å²) < 4.78 is 0. The van der Waals surface area contributed by atoms with Gasteiger partial charge in [-0.3, -0.25) is 9.59 Å². The molecule has 0 unspecified atom stereocenters. The Bertz CT molecular complexity index is 523. The van der Waals surface area contributed by atoms with Crippen molar-refractivity contribution in [2.45, 2.75) is 0 Å². The lowest BCUT2D eigenvalue weighted by molar-refractivity contribution is -0.108. The van der Waals surface area contributed by atoms with Crippen molar-refractivity contribution in [1.29, 1.82) is 0 Å². The van der Waals surface area contributed by atoms with Crippen LogP contribution in [0, 0.1) is 0 Å². The van der Waals surface area contributed by atoms with E-state index in [9.17, 15) is 9.59 Å². The third kappa shape index (κ3) is 2.13. The van der Waals surface area contributed by atoms with Gasteiger partial charge in [0.25, 0.3) is 5.91 Å². The van der Waals surface area contributed by atoms with Crippen LogP contribution in [0.2, 0.25) is 0 Å². The van der Waals surface area contributed by atoms with Crippen molar-refractivity contribution in [3.8, 4) is 0 Å². The minimum Gasteiger partial charge on any atom is -0.287 e. The maximum atomic E-state index is 11.5. The third-order valence-electron chi connectivity index (χ3n) is 2.00. The lowest BCUT2D eigenvalue weighted by atomic mass is 10.2. The minimum absolute atomic E-state index is 0.185. The molecule has 16 heavy (non-hydrogen) atoms. The van der Waals surface area contributed by atoms with Crippen molar-refractivity contribution in [2.24, 2.45) is 5.10 Å². The van der Waals surface area contributed by atoms with E-state index in [1.165, 1.54) is 12.2 Å². The molecule has 0 fully saturated rings. The molecule has 1 aliphatic rings. The average molecular weight is 212 g/mol. The number of rotatable bonds is 2. The first kappa shape index (κ1) is 10.1. The second kappa shape index (κ2) is 4.38. The van der Waals surface area contributed by atoms with E-state index in [0.29, 0.717) is 5.56 Å². The van der Waals surface area contributed by atoms with Crippen LogP contribution in [-0.4, -0.2) is 17.4 Å². The number of carbonyl (C=O) groups is 2. The first-order chi connectivity index (χ1) is 7.77. The van der Waals surface area contributed by atoms with Crippen molar-refractivity contribution in [2.75, 3.05) is 0 Å². The van der Waals surface area contributed by atoms with Crippen LogP contribution in [0.1, 0.15) is 10.4 Å². The Balaban J connectivity index is 2.05. The molecule has 1 N–H and O–H groups in total. The molecule has 0 heterocycles. The lowest BCUT2D eigenvalue weighted by Gasteiger charge is -1.99. The number of amides is 1. The number of hydrogen-bond donors (Lipinski definition) is 1. The Morgan fingerprint density at radius 2 is 1.94 bits per heavy atom. The molecule has 4 heteroatoms. The number of hydrogen-bond acceptors (Lipinski definition) is 3. The van der Waals surface area contributed by atoms with Crippen molar-refractivity contribution in [3.05, 3.63) is 53.8 Å². The molecule has 0 spiro atoms. The van der Waals surface area contributed by atoms with Gasteiger partial charge in [-0.1, -0.05) is 18.2 Å². The zero-order valence-corrected chi connectivity index (χ0v) is 8.31. The Hall–Kier alpha value is -2.45. The summed E-state index contributed by atoms with van der Waals surface area (Å²) in [7, 11) is 0. The Morgan fingerprint density at radius 1 is 1.19 bits per heavy atom. The van der Waals surface area contributed by atoms with Crippen molar-refractivity contribution >= 4 is 17.4 Å². The van der Waals surface area contributed by atoms with Crippen LogP contribution >= 0.6 is 0 Å². The van der Waals surface area contributed by atoms with Crippen LogP contribution in [-0.2, 0) is 4.79 Å². The topological polar surface area (TPSA) is 58.5 Å². The Morgan fingerprint density at radius 3 is 2.56 bits per heavy atom. The molecule has 0 aliphatic heterocycles. The summed E-state index contributed by atoms with van der Waals surface area (Å²) in [6.07, 6.45) is 2.70. The molecule has 78 valence electrons. The highest BCUT2D eigenvalue weighted by Crippen LogP contribution is 1.98. The first-order valence-electron chi connectivity index (χ1n) is 4.67. The summed E-state index contributed by atoms with van der Waals surface area (Å²) in [4.78, 5) is 22.6. The van der Waals surface area contributed by atoms with Crippen LogP contribution in [0.5, 0.6) is 0 Å². The maximum Gasteiger partial charge on any atom is 0.271 e. The van der Waals surface area contributed by atoms with Crippen molar-refractivity contribution in [1.82, 2.24) is 5.43 Å². The van der Waals surface area contributed by atoms with E-state index in [2.05, 4.69) is 16.3 Å². The number of nitrogens with one attached hydrogen (secondary N) is 1. The normalized spacial score (nSPS) is 15.8. The summed E-state index contributed by atoms with van der Waals surface area (Å²) in [6, 6.07) is 8.66. The molecule has 1 aliphatic carbocycles. The molecule has 1 aromatic rings. The number of carbonyl (C=O) groups excluding carboxylic acids is 2. The van der Waals surface area contributed by atoms with Crippen molar-refractivity contribution in [3.63, 3.8) is 0 Å². The highest BCUT2D eigenvalue weighted by atomic mass is 16.2. The van der Waals surface area contributed by atoms with Gasteiger partial charge in [0.1, 0.15) is 5.71 Å². The number of nitrogens with zero attached hydrogens (tertiary/aromatic N) is 1. The largest absolute Gasteiger partial charge is 0.287 e. The Labute approximate surface area is 92.0 Å². The summed E-state index contributed by atoms with van der Waals surface area (Å²) in [5, 5.41) is 3.70. The van der Waals surface area contributed by atoms with Crippen LogP contribution in [0.25, 0.3) is 0 Å².